The van der Waals surface area contributed by atoms with E-state index < -0.39 is 5.60 Å². The highest BCUT2D eigenvalue weighted by Crippen LogP contribution is 2.43. The molecule has 2 aromatic rings. The van der Waals surface area contributed by atoms with Gasteiger partial charge in [0.2, 0.25) is 0 Å². The molecule has 1 fully saturated rings. The molecule has 0 heterocycles. The van der Waals surface area contributed by atoms with Gasteiger partial charge in [-0.2, -0.15) is 0 Å². The summed E-state index contributed by atoms with van der Waals surface area (Å²) in [6.07, 6.45) is 2.21. The monoisotopic (exact) mass is 357 g/mol. The fourth-order valence-corrected chi connectivity index (χ4v) is 3.96. The first-order chi connectivity index (χ1) is 12.5. The molecule has 0 aliphatic heterocycles. The van der Waals surface area contributed by atoms with Gasteiger partial charge in [0.15, 0.2) is 0 Å². The van der Waals surface area contributed by atoms with E-state index in [-0.39, 0.29) is 17.8 Å². The third-order valence-corrected chi connectivity index (χ3v) is 5.31. The lowest BCUT2D eigenvalue weighted by atomic mass is 9.70. The van der Waals surface area contributed by atoms with E-state index in [1.165, 1.54) is 12.1 Å². The van der Waals surface area contributed by atoms with Gasteiger partial charge in [-0.05, 0) is 56.6 Å². The van der Waals surface area contributed by atoms with Crippen molar-refractivity contribution in [1.82, 2.24) is 4.90 Å². The van der Waals surface area contributed by atoms with Gasteiger partial charge in [0, 0.05) is 12.5 Å². The van der Waals surface area contributed by atoms with Crippen LogP contribution in [0.25, 0.3) is 0 Å². The number of hydrogen-bond donors (Lipinski definition) is 1. The molecular formula is C22H28FNO2. The molecule has 0 spiro atoms. The number of benzene rings is 2. The second kappa shape index (κ2) is 8.30. The van der Waals surface area contributed by atoms with Crippen molar-refractivity contribution in [2.75, 3.05) is 20.6 Å². The second-order valence-electron chi connectivity index (χ2n) is 7.59. The van der Waals surface area contributed by atoms with Crippen molar-refractivity contribution in [3.8, 4) is 0 Å². The third kappa shape index (κ3) is 4.50. The molecule has 1 aliphatic carbocycles. The molecule has 1 saturated carbocycles. The summed E-state index contributed by atoms with van der Waals surface area (Å²) in [5, 5.41) is 11.4. The molecule has 0 radical (unpaired) electrons. The van der Waals surface area contributed by atoms with E-state index in [1.807, 2.05) is 38.4 Å². The predicted octanol–water partition coefficient (Wildman–Crippen LogP) is 3.96. The van der Waals surface area contributed by atoms with Gasteiger partial charge in [0.05, 0.1) is 18.3 Å². The summed E-state index contributed by atoms with van der Waals surface area (Å²) in [6, 6.07) is 16.5. The Labute approximate surface area is 155 Å². The van der Waals surface area contributed by atoms with Crippen LogP contribution in [-0.2, 0) is 16.9 Å². The van der Waals surface area contributed by atoms with Crippen LogP contribution in [0, 0.1) is 11.7 Å². The zero-order valence-electron chi connectivity index (χ0n) is 15.6. The Morgan fingerprint density at radius 1 is 1.15 bits per heavy atom. The highest BCUT2D eigenvalue weighted by Gasteiger charge is 2.44. The van der Waals surface area contributed by atoms with E-state index in [2.05, 4.69) is 17.0 Å². The Morgan fingerprint density at radius 2 is 1.92 bits per heavy atom. The molecule has 26 heavy (non-hydrogen) atoms. The van der Waals surface area contributed by atoms with Crippen LogP contribution in [-0.4, -0.2) is 36.8 Å². The van der Waals surface area contributed by atoms with Gasteiger partial charge >= 0.3 is 0 Å². The maximum Gasteiger partial charge on any atom is 0.123 e. The minimum absolute atomic E-state index is 0.00572. The van der Waals surface area contributed by atoms with Crippen LogP contribution in [0.15, 0.2) is 54.6 Å². The van der Waals surface area contributed by atoms with Crippen LogP contribution in [0.5, 0.6) is 0 Å². The molecule has 3 nitrogen and oxygen atoms in total. The van der Waals surface area contributed by atoms with Gasteiger partial charge in [-0.3, -0.25) is 0 Å². The first-order valence-corrected chi connectivity index (χ1v) is 9.26. The molecule has 0 amide bonds. The molecule has 3 atom stereocenters. The summed E-state index contributed by atoms with van der Waals surface area (Å²) < 4.78 is 19.9. The normalized spacial score (nSPS) is 26.2. The second-order valence-corrected chi connectivity index (χ2v) is 7.59. The van der Waals surface area contributed by atoms with E-state index >= 15 is 0 Å². The van der Waals surface area contributed by atoms with Crippen molar-refractivity contribution in [2.45, 2.75) is 37.6 Å². The van der Waals surface area contributed by atoms with Gasteiger partial charge in [-0.1, -0.05) is 42.5 Å². The summed E-state index contributed by atoms with van der Waals surface area (Å²) in [5.41, 5.74) is 0.812. The van der Waals surface area contributed by atoms with E-state index in [9.17, 15) is 9.50 Å². The Bertz CT molecular complexity index is 706. The fourth-order valence-electron chi connectivity index (χ4n) is 3.96. The van der Waals surface area contributed by atoms with E-state index in [1.54, 1.807) is 6.07 Å². The molecule has 0 aromatic heterocycles. The van der Waals surface area contributed by atoms with Crippen molar-refractivity contribution in [3.05, 3.63) is 71.5 Å². The molecule has 1 aliphatic rings. The van der Waals surface area contributed by atoms with Gasteiger partial charge in [0.25, 0.3) is 0 Å². The number of ether oxygens (including phenoxy) is 1. The molecule has 3 unspecified atom stereocenters. The van der Waals surface area contributed by atoms with Crippen molar-refractivity contribution in [1.29, 1.82) is 0 Å². The molecule has 0 saturated heterocycles. The number of nitrogens with zero attached hydrogens (tertiary/aromatic N) is 1. The van der Waals surface area contributed by atoms with E-state index in [4.69, 9.17) is 4.74 Å². The maximum absolute atomic E-state index is 13.7. The molecule has 4 heteroatoms. The molecule has 3 rings (SSSR count). The number of hydrogen-bond acceptors (Lipinski definition) is 3. The van der Waals surface area contributed by atoms with Crippen molar-refractivity contribution < 1.29 is 14.2 Å². The first-order valence-electron chi connectivity index (χ1n) is 9.26. The summed E-state index contributed by atoms with van der Waals surface area (Å²) in [7, 11) is 4.00. The average Bonchev–Trinajstić information content (AvgIpc) is 2.63. The summed E-state index contributed by atoms with van der Waals surface area (Å²) in [6.45, 7) is 1.32. The summed E-state index contributed by atoms with van der Waals surface area (Å²) in [5.74, 6) is -0.309. The zero-order valence-corrected chi connectivity index (χ0v) is 15.6. The molecule has 140 valence electrons. The molecule has 0 bridgehead atoms. The van der Waals surface area contributed by atoms with Crippen molar-refractivity contribution in [3.63, 3.8) is 0 Å². The summed E-state index contributed by atoms with van der Waals surface area (Å²) in [4.78, 5) is 2.08. The summed E-state index contributed by atoms with van der Waals surface area (Å²) >= 11 is 0. The Balaban J connectivity index is 1.72. The van der Waals surface area contributed by atoms with Gasteiger partial charge in [-0.25, -0.2) is 4.39 Å². The first kappa shape index (κ1) is 19.0. The zero-order chi connectivity index (χ0) is 18.6. The standard InChI is InChI=1S/C22H28FNO2/c1-24(2)15-19-14-21(26-16-17-7-4-3-5-8-17)11-12-22(19,25)18-9-6-10-20(23)13-18/h3-10,13,19,21,25H,11-12,14-16H2,1-2H3. The molecule has 2 aromatic carbocycles. The Morgan fingerprint density at radius 3 is 2.62 bits per heavy atom. The van der Waals surface area contributed by atoms with Crippen LogP contribution in [0.2, 0.25) is 0 Å². The lowest BCUT2D eigenvalue weighted by Crippen LogP contribution is -2.46. The van der Waals surface area contributed by atoms with Crippen LogP contribution in [0.4, 0.5) is 4.39 Å². The quantitative estimate of drug-likeness (QED) is 0.849. The average molecular weight is 357 g/mol. The smallest absolute Gasteiger partial charge is 0.123 e. The van der Waals surface area contributed by atoms with Gasteiger partial charge < -0.3 is 14.7 Å². The minimum atomic E-state index is -1.01. The minimum Gasteiger partial charge on any atom is -0.385 e. The highest BCUT2D eigenvalue weighted by atomic mass is 19.1. The van der Waals surface area contributed by atoms with Crippen LogP contribution >= 0.6 is 0 Å². The van der Waals surface area contributed by atoms with Crippen LogP contribution < -0.4 is 0 Å². The number of halogens is 1. The molecular weight excluding hydrogens is 329 g/mol. The van der Waals surface area contributed by atoms with Gasteiger partial charge in [-0.15, -0.1) is 0 Å². The maximum atomic E-state index is 13.7. The highest BCUT2D eigenvalue weighted by molar-refractivity contribution is 5.25. The topological polar surface area (TPSA) is 32.7 Å². The van der Waals surface area contributed by atoms with Crippen molar-refractivity contribution >= 4 is 0 Å². The van der Waals surface area contributed by atoms with Crippen LogP contribution in [0.3, 0.4) is 0 Å². The third-order valence-electron chi connectivity index (χ3n) is 5.31. The Hall–Kier alpha value is -1.75. The lowest BCUT2D eigenvalue weighted by Gasteiger charge is -2.44. The lowest BCUT2D eigenvalue weighted by molar-refractivity contribution is -0.110. The van der Waals surface area contributed by atoms with Crippen molar-refractivity contribution in [2.24, 2.45) is 5.92 Å². The Kier molecular flexibility index (Phi) is 6.07. The van der Waals surface area contributed by atoms with Gasteiger partial charge in [0.1, 0.15) is 5.82 Å². The largest absolute Gasteiger partial charge is 0.385 e. The SMILES string of the molecule is CN(C)CC1CC(OCc2ccccc2)CCC1(O)c1cccc(F)c1. The fraction of sp³-hybridized carbons (Fsp3) is 0.455. The van der Waals surface area contributed by atoms with E-state index in [0.717, 1.165) is 24.9 Å². The number of rotatable bonds is 6. The number of aliphatic hydroxyl groups is 1. The van der Waals surface area contributed by atoms with Crippen LogP contribution in [0.1, 0.15) is 30.4 Å². The van der Waals surface area contributed by atoms with E-state index in [0.29, 0.717) is 18.6 Å². The predicted molar refractivity (Wildman–Crippen MR) is 101 cm³/mol. The molecule has 1 N–H and O–H groups in total.